The molecular formula is C18H14N4OS. The minimum atomic E-state index is -0.0944. The van der Waals surface area contributed by atoms with Crippen molar-refractivity contribution in [2.45, 2.75) is 0 Å². The maximum atomic E-state index is 12.8. The van der Waals surface area contributed by atoms with E-state index in [1.54, 1.807) is 17.3 Å². The molecule has 24 heavy (non-hydrogen) atoms. The van der Waals surface area contributed by atoms with Crippen LogP contribution in [0, 0.1) is 0 Å². The van der Waals surface area contributed by atoms with E-state index in [0.717, 1.165) is 16.8 Å². The lowest BCUT2D eigenvalue weighted by molar-refractivity contribution is -0.112. The van der Waals surface area contributed by atoms with Crippen molar-refractivity contribution in [3.8, 4) is 11.3 Å². The van der Waals surface area contributed by atoms with Gasteiger partial charge in [0.25, 0.3) is 5.91 Å². The van der Waals surface area contributed by atoms with Crippen LogP contribution in [0.2, 0.25) is 0 Å². The molecule has 118 valence electrons. The van der Waals surface area contributed by atoms with Crippen LogP contribution in [0.5, 0.6) is 0 Å². The second-order valence-electron chi connectivity index (χ2n) is 5.30. The SMILES string of the molecule is O=C1C(c2ccccc2)=NCCN1c1nc(-c2ccncc2)cs1. The molecule has 0 saturated heterocycles. The summed E-state index contributed by atoms with van der Waals surface area (Å²) in [5.41, 5.74) is 3.20. The fourth-order valence-corrected chi connectivity index (χ4v) is 3.45. The first-order valence-electron chi connectivity index (χ1n) is 7.60. The molecule has 6 heteroatoms. The highest BCUT2D eigenvalue weighted by Crippen LogP contribution is 2.28. The number of hydrogen-bond donors (Lipinski definition) is 0. The Morgan fingerprint density at radius 3 is 2.58 bits per heavy atom. The number of pyridine rings is 1. The first-order chi connectivity index (χ1) is 11.8. The summed E-state index contributed by atoms with van der Waals surface area (Å²) in [6, 6.07) is 13.4. The number of hydrogen-bond acceptors (Lipinski definition) is 5. The van der Waals surface area contributed by atoms with Crippen molar-refractivity contribution in [1.29, 1.82) is 0 Å². The minimum absolute atomic E-state index is 0.0944. The van der Waals surface area contributed by atoms with Crippen molar-refractivity contribution in [3.63, 3.8) is 0 Å². The van der Waals surface area contributed by atoms with Gasteiger partial charge in [0.2, 0.25) is 0 Å². The lowest BCUT2D eigenvalue weighted by Crippen LogP contribution is -2.42. The maximum Gasteiger partial charge on any atom is 0.278 e. The van der Waals surface area contributed by atoms with Gasteiger partial charge in [-0.05, 0) is 12.1 Å². The Hall–Kier alpha value is -2.86. The predicted octanol–water partition coefficient (Wildman–Crippen LogP) is 3.04. The number of thiazole rings is 1. The van der Waals surface area contributed by atoms with Crippen LogP contribution in [0.25, 0.3) is 11.3 Å². The van der Waals surface area contributed by atoms with Crippen LogP contribution in [0.15, 0.2) is 65.2 Å². The van der Waals surface area contributed by atoms with Gasteiger partial charge in [0.15, 0.2) is 5.13 Å². The molecule has 0 fully saturated rings. The molecule has 4 rings (SSSR count). The molecule has 0 bridgehead atoms. The quantitative estimate of drug-likeness (QED) is 0.740. The third-order valence-corrected chi connectivity index (χ3v) is 4.65. The Kier molecular flexibility index (Phi) is 3.88. The molecule has 1 aliphatic rings. The third-order valence-electron chi connectivity index (χ3n) is 3.79. The number of rotatable bonds is 3. The first-order valence-corrected chi connectivity index (χ1v) is 8.48. The number of aliphatic imine (C=N–C) groups is 1. The highest BCUT2D eigenvalue weighted by molar-refractivity contribution is 7.14. The van der Waals surface area contributed by atoms with E-state index in [1.165, 1.54) is 11.3 Å². The van der Waals surface area contributed by atoms with Crippen molar-refractivity contribution in [1.82, 2.24) is 9.97 Å². The molecule has 1 aliphatic heterocycles. The van der Waals surface area contributed by atoms with Crippen LogP contribution in [0.1, 0.15) is 5.56 Å². The fraction of sp³-hybridized carbons (Fsp3) is 0.111. The van der Waals surface area contributed by atoms with Gasteiger partial charge in [-0.15, -0.1) is 11.3 Å². The fourth-order valence-electron chi connectivity index (χ4n) is 2.60. The molecule has 3 aromatic rings. The van der Waals surface area contributed by atoms with E-state index in [4.69, 9.17) is 0 Å². The number of anilines is 1. The van der Waals surface area contributed by atoms with E-state index >= 15 is 0 Å². The van der Waals surface area contributed by atoms with Gasteiger partial charge in [0, 0.05) is 35.4 Å². The predicted molar refractivity (Wildman–Crippen MR) is 95.5 cm³/mol. The van der Waals surface area contributed by atoms with Crippen LogP contribution in [0.4, 0.5) is 5.13 Å². The summed E-state index contributed by atoms with van der Waals surface area (Å²) in [6.07, 6.45) is 3.47. The summed E-state index contributed by atoms with van der Waals surface area (Å²) in [6.45, 7) is 1.14. The van der Waals surface area contributed by atoms with Crippen molar-refractivity contribution in [2.75, 3.05) is 18.0 Å². The maximum absolute atomic E-state index is 12.8. The summed E-state index contributed by atoms with van der Waals surface area (Å²) < 4.78 is 0. The normalized spacial score (nSPS) is 14.6. The summed E-state index contributed by atoms with van der Waals surface area (Å²) in [5.74, 6) is -0.0944. The van der Waals surface area contributed by atoms with E-state index in [2.05, 4.69) is 15.0 Å². The summed E-state index contributed by atoms with van der Waals surface area (Å²) in [5, 5.41) is 2.67. The van der Waals surface area contributed by atoms with Crippen LogP contribution >= 0.6 is 11.3 Å². The zero-order chi connectivity index (χ0) is 16.4. The van der Waals surface area contributed by atoms with E-state index in [-0.39, 0.29) is 5.91 Å². The van der Waals surface area contributed by atoms with Gasteiger partial charge in [0.05, 0.1) is 12.2 Å². The van der Waals surface area contributed by atoms with Crippen molar-refractivity contribution in [3.05, 3.63) is 65.8 Å². The monoisotopic (exact) mass is 334 g/mol. The van der Waals surface area contributed by atoms with Crippen LogP contribution in [-0.2, 0) is 4.79 Å². The Labute approximate surface area is 143 Å². The lowest BCUT2D eigenvalue weighted by atomic mass is 10.1. The highest BCUT2D eigenvalue weighted by atomic mass is 32.1. The van der Waals surface area contributed by atoms with Gasteiger partial charge in [-0.3, -0.25) is 19.7 Å². The molecule has 0 spiro atoms. The molecule has 0 N–H and O–H groups in total. The second-order valence-corrected chi connectivity index (χ2v) is 6.14. The smallest absolute Gasteiger partial charge is 0.278 e. The number of nitrogens with zero attached hydrogens (tertiary/aromatic N) is 4. The summed E-state index contributed by atoms with van der Waals surface area (Å²) >= 11 is 1.47. The van der Waals surface area contributed by atoms with E-state index in [9.17, 15) is 4.79 Å². The Morgan fingerprint density at radius 1 is 1.00 bits per heavy atom. The number of amides is 1. The van der Waals surface area contributed by atoms with E-state index in [0.29, 0.717) is 23.9 Å². The molecule has 5 nitrogen and oxygen atoms in total. The Balaban J connectivity index is 1.63. The molecule has 0 atom stereocenters. The van der Waals surface area contributed by atoms with Gasteiger partial charge >= 0.3 is 0 Å². The zero-order valence-corrected chi connectivity index (χ0v) is 13.6. The molecule has 2 aromatic heterocycles. The molecule has 0 radical (unpaired) electrons. The number of aromatic nitrogens is 2. The van der Waals surface area contributed by atoms with Crippen LogP contribution in [0.3, 0.4) is 0 Å². The number of benzene rings is 1. The highest BCUT2D eigenvalue weighted by Gasteiger charge is 2.27. The third kappa shape index (κ3) is 2.72. The van der Waals surface area contributed by atoms with Crippen molar-refractivity contribution >= 4 is 28.1 Å². The number of carbonyl (C=O) groups excluding carboxylic acids is 1. The summed E-state index contributed by atoms with van der Waals surface area (Å²) in [4.78, 5) is 27.6. The van der Waals surface area contributed by atoms with E-state index < -0.39 is 0 Å². The lowest BCUT2D eigenvalue weighted by Gasteiger charge is -2.24. The molecule has 0 saturated carbocycles. The van der Waals surface area contributed by atoms with Gasteiger partial charge < -0.3 is 0 Å². The zero-order valence-electron chi connectivity index (χ0n) is 12.8. The van der Waals surface area contributed by atoms with E-state index in [1.807, 2.05) is 47.8 Å². The van der Waals surface area contributed by atoms with Crippen LogP contribution in [-0.4, -0.2) is 34.7 Å². The van der Waals surface area contributed by atoms with Crippen molar-refractivity contribution in [2.24, 2.45) is 4.99 Å². The van der Waals surface area contributed by atoms with Crippen molar-refractivity contribution < 1.29 is 4.79 Å². The average Bonchev–Trinajstić information content (AvgIpc) is 3.13. The van der Waals surface area contributed by atoms with Gasteiger partial charge in [-0.2, -0.15) is 0 Å². The summed E-state index contributed by atoms with van der Waals surface area (Å²) in [7, 11) is 0. The Bertz CT molecular complexity index is 890. The average molecular weight is 334 g/mol. The molecular weight excluding hydrogens is 320 g/mol. The molecule has 0 aliphatic carbocycles. The topological polar surface area (TPSA) is 58.5 Å². The standard InChI is InChI=1S/C18H14N4OS/c23-17-16(14-4-2-1-3-5-14)20-10-11-22(17)18-21-15(12-24-18)13-6-8-19-9-7-13/h1-9,12H,10-11H2. The van der Waals surface area contributed by atoms with Gasteiger partial charge in [-0.25, -0.2) is 4.98 Å². The second kappa shape index (κ2) is 6.33. The van der Waals surface area contributed by atoms with Crippen LogP contribution < -0.4 is 4.90 Å². The minimum Gasteiger partial charge on any atom is -0.281 e. The molecule has 1 amide bonds. The molecule has 1 aromatic carbocycles. The largest absolute Gasteiger partial charge is 0.281 e. The van der Waals surface area contributed by atoms with Gasteiger partial charge in [-0.1, -0.05) is 30.3 Å². The van der Waals surface area contributed by atoms with Gasteiger partial charge in [0.1, 0.15) is 5.71 Å². The molecule has 0 unspecified atom stereocenters. The Morgan fingerprint density at radius 2 is 1.79 bits per heavy atom. The number of carbonyl (C=O) groups is 1. The molecule has 3 heterocycles. The first kappa shape index (κ1) is 14.7.